The Labute approximate surface area is 90.0 Å². The third-order valence-electron chi connectivity index (χ3n) is 1.95. The van der Waals surface area contributed by atoms with Crippen LogP contribution in [-0.4, -0.2) is 20.2 Å². The van der Waals surface area contributed by atoms with Crippen LogP contribution in [0.15, 0.2) is 0 Å². The SMILES string of the molecule is CC(C)(C)[Si](Cl)(Cl)CCCOCF. The highest BCUT2D eigenvalue weighted by molar-refractivity contribution is 7.46. The molecule has 0 aromatic carbocycles. The van der Waals surface area contributed by atoms with E-state index in [9.17, 15) is 4.39 Å². The van der Waals surface area contributed by atoms with Gasteiger partial charge in [-0.15, -0.1) is 22.2 Å². The molecule has 1 nitrogen and oxygen atoms in total. The summed E-state index contributed by atoms with van der Waals surface area (Å²) in [5, 5.41) is -0.0359. The van der Waals surface area contributed by atoms with Gasteiger partial charge in [0.1, 0.15) is 0 Å². The van der Waals surface area contributed by atoms with Gasteiger partial charge in [-0.2, -0.15) is 0 Å². The van der Waals surface area contributed by atoms with E-state index >= 15 is 0 Å². The molecule has 0 fully saturated rings. The minimum atomic E-state index is -2.21. The average molecular weight is 247 g/mol. The van der Waals surface area contributed by atoms with Crippen LogP contribution < -0.4 is 0 Å². The summed E-state index contributed by atoms with van der Waals surface area (Å²) < 4.78 is 16.1. The molecule has 0 saturated heterocycles. The summed E-state index contributed by atoms with van der Waals surface area (Å²) in [4.78, 5) is 0. The Morgan fingerprint density at radius 2 is 1.85 bits per heavy atom. The molecule has 5 heteroatoms. The van der Waals surface area contributed by atoms with E-state index in [1.54, 1.807) is 0 Å². The van der Waals surface area contributed by atoms with Crippen LogP contribution in [0, 0.1) is 0 Å². The second-order valence-corrected chi connectivity index (χ2v) is 11.9. The van der Waals surface area contributed by atoms with Crippen LogP contribution in [-0.2, 0) is 4.74 Å². The lowest BCUT2D eigenvalue weighted by Crippen LogP contribution is -2.31. The van der Waals surface area contributed by atoms with Gasteiger partial charge in [0.2, 0.25) is 0 Å². The molecule has 0 aliphatic heterocycles. The van der Waals surface area contributed by atoms with Gasteiger partial charge in [0, 0.05) is 6.61 Å². The minimum absolute atomic E-state index is 0.0359. The maximum absolute atomic E-state index is 11.6. The first-order chi connectivity index (χ1) is 5.81. The number of rotatable bonds is 5. The zero-order valence-corrected chi connectivity index (χ0v) is 10.9. The second kappa shape index (κ2) is 5.54. The summed E-state index contributed by atoms with van der Waals surface area (Å²) in [6.07, 6.45) is 0.737. The second-order valence-electron chi connectivity index (χ2n) is 4.08. The molecule has 0 saturated carbocycles. The molecule has 80 valence electrons. The van der Waals surface area contributed by atoms with Gasteiger partial charge < -0.3 is 4.74 Å². The first kappa shape index (κ1) is 13.7. The van der Waals surface area contributed by atoms with E-state index in [4.69, 9.17) is 22.2 Å². The largest absolute Gasteiger partial charge is 0.351 e. The lowest BCUT2D eigenvalue weighted by Gasteiger charge is -2.31. The van der Waals surface area contributed by atoms with Crippen molar-refractivity contribution in [2.45, 2.75) is 38.3 Å². The summed E-state index contributed by atoms with van der Waals surface area (Å²) in [7, 11) is 0. The molecule has 0 N–H and O–H groups in total. The summed E-state index contributed by atoms with van der Waals surface area (Å²) in [6.45, 7) is 3.57. The molecule has 0 rings (SSSR count). The van der Waals surface area contributed by atoms with Crippen LogP contribution in [0.5, 0.6) is 0 Å². The molecule has 0 heterocycles. The van der Waals surface area contributed by atoms with E-state index < -0.39 is 13.6 Å². The lowest BCUT2D eigenvalue weighted by molar-refractivity contribution is 0.0584. The minimum Gasteiger partial charge on any atom is -0.351 e. The van der Waals surface area contributed by atoms with Crippen LogP contribution in [0.3, 0.4) is 0 Å². The summed E-state index contributed by atoms with van der Waals surface area (Å²) in [5.74, 6) is 0. The van der Waals surface area contributed by atoms with E-state index in [0.29, 0.717) is 6.61 Å². The predicted molar refractivity (Wildman–Crippen MR) is 58.5 cm³/mol. The van der Waals surface area contributed by atoms with Gasteiger partial charge in [-0.05, 0) is 17.5 Å². The third kappa shape index (κ3) is 5.20. The molecule has 0 bridgehead atoms. The number of alkyl halides is 1. The molecule has 0 aromatic heterocycles. The fourth-order valence-corrected chi connectivity index (χ4v) is 2.97. The molecule has 0 amide bonds. The summed E-state index contributed by atoms with van der Waals surface area (Å²) in [5.41, 5.74) is 0. The zero-order valence-electron chi connectivity index (χ0n) is 8.37. The zero-order chi connectivity index (χ0) is 10.5. The highest BCUT2D eigenvalue weighted by Crippen LogP contribution is 2.45. The first-order valence-corrected chi connectivity index (χ1v) is 8.56. The van der Waals surface area contributed by atoms with E-state index in [0.717, 1.165) is 12.5 Å². The van der Waals surface area contributed by atoms with Crippen LogP contribution >= 0.6 is 22.2 Å². The van der Waals surface area contributed by atoms with Crippen molar-refractivity contribution >= 4 is 28.9 Å². The molecular formula is C8H17Cl2FOSi. The van der Waals surface area contributed by atoms with Gasteiger partial charge in [-0.3, -0.25) is 0 Å². The topological polar surface area (TPSA) is 9.23 Å². The van der Waals surface area contributed by atoms with Gasteiger partial charge in [-0.25, -0.2) is 4.39 Å². The van der Waals surface area contributed by atoms with Gasteiger partial charge >= 0.3 is 0 Å². The fraction of sp³-hybridized carbons (Fsp3) is 1.00. The normalized spacial score (nSPS) is 13.4. The quantitative estimate of drug-likeness (QED) is 0.404. The van der Waals surface area contributed by atoms with Crippen molar-refractivity contribution in [3.8, 4) is 0 Å². The molecule has 0 atom stereocenters. The van der Waals surface area contributed by atoms with Gasteiger partial charge in [0.15, 0.2) is 6.86 Å². The van der Waals surface area contributed by atoms with Gasteiger partial charge in [0.25, 0.3) is 6.69 Å². The van der Waals surface area contributed by atoms with Crippen LogP contribution in [0.4, 0.5) is 4.39 Å². The molecule has 0 aromatic rings. The number of ether oxygens (including phenoxy) is 1. The molecule has 0 aliphatic carbocycles. The van der Waals surface area contributed by atoms with Crippen molar-refractivity contribution in [2.75, 3.05) is 13.5 Å². The van der Waals surface area contributed by atoms with Crippen molar-refractivity contribution in [2.24, 2.45) is 0 Å². The predicted octanol–water partition coefficient (Wildman–Crippen LogP) is 4.04. The van der Waals surface area contributed by atoms with E-state index in [1.807, 2.05) is 20.8 Å². The maximum Gasteiger partial charge on any atom is 0.256 e. The molecule has 0 aliphatic rings. The van der Waals surface area contributed by atoms with Crippen molar-refractivity contribution in [3.05, 3.63) is 0 Å². The Hall–Kier alpha value is 0.687. The smallest absolute Gasteiger partial charge is 0.256 e. The van der Waals surface area contributed by atoms with Crippen LogP contribution in [0.25, 0.3) is 0 Å². The van der Waals surface area contributed by atoms with Gasteiger partial charge in [0.05, 0.1) is 0 Å². The molecule has 0 spiro atoms. The Kier molecular flexibility index (Phi) is 5.83. The molecular weight excluding hydrogens is 230 g/mol. The van der Waals surface area contributed by atoms with Crippen LogP contribution in [0.2, 0.25) is 11.1 Å². The lowest BCUT2D eigenvalue weighted by atomic mass is 10.2. The van der Waals surface area contributed by atoms with Crippen LogP contribution in [0.1, 0.15) is 27.2 Å². The van der Waals surface area contributed by atoms with E-state index in [-0.39, 0.29) is 5.04 Å². The summed E-state index contributed by atoms with van der Waals surface area (Å²) in [6, 6.07) is 0.750. The number of halogens is 3. The van der Waals surface area contributed by atoms with Crippen molar-refractivity contribution in [3.63, 3.8) is 0 Å². The van der Waals surface area contributed by atoms with E-state index in [1.165, 1.54) is 0 Å². The van der Waals surface area contributed by atoms with Crippen molar-refractivity contribution in [1.82, 2.24) is 0 Å². The third-order valence-corrected chi connectivity index (χ3v) is 9.67. The Balaban J connectivity index is 3.77. The Morgan fingerprint density at radius 1 is 1.31 bits per heavy atom. The monoisotopic (exact) mass is 246 g/mol. The number of hydrogen-bond acceptors (Lipinski definition) is 1. The fourth-order valence-electron chi connectivity index (χ4n) is 0.826. The average Bonchev–Trinajstić information content (AvgIpc) is 1.96. The van der Waals surface area contributed by atoms with Gasteiger partial charge in [-0.1, -0.05) is 20.8 Å². The molecule has 0 unspecified atom stereocenters. The Bertz CT molecular complexity index is 148. The summed E-state index contributed by atoms with van der Waals surface area (Å²) >= 11 is 12.5. The molecule has 13 heavy (non-hydrogen) atoms. The standard InChI is InChI=1S/C8H17Cl2FOSi/c1-8(2,3)13(9,10)6-4-5-12-7-11/h4-7H2,1-3H3. The molecule has 0 radical (unpaired) electrons. The highest BCUT2D eigenvalue weighted by Gasteiger charge is 2.41. The highest BCUT2D eigenvalue weighted by atomic mass is 35.7. The first-order valence-electron chi connectivity index (χ1n) is 4.33. The van der Waals surface area contributed by atoms with E-state index in [2.05, 4.69) is 4.74 Å². The number of hydrogen-bond donors (Lipinski definition) is 0. The van der Waals surface area contributed by atoms with Crippen molar-refractivity contribution in [1.29, 1.82) is 0 Å². The maximum atomic E-state index is 11.6. The Morgan fingerprint density at radius 3 is 2.23 bits per heavy atom. The van der Waals surface area contributed by atoms with Crippen molar-refractivity contribution < 1.29 is 9.13 Å².